The van der Waals surface area contributed by atoms with Gasteiger partial charge in [-0.25, -0.2) is 13.1 Å². The van der Waals surface area contributed by atoms with Crippen LogP contribution in [-0.4, -0.2) is 25.6 Å². The molecule has 2 aromatic carbocycles. The predicted octanol–water partition coefficient (Wildman–Crippen LogP) is 3.00. The Hall–Kier alpha value is -2.18. The van der Waals surface area contributed by atoms with Crippen LogP contribution in [0, 0.1) is 0 Å². The van der Waals surface area contributed by atoms with Crippen LogP contribution in [0.25, 0.3) is 11.1 Å². The molecule has 1 saturated heterocycles. The van der Waals surface area contributed by atoms with Gasteiger partial charge in [0.1, 0.15) is 0 Å². The van der Waals surface area contributed by atoms with E-state index in [0.29, 0.717) is 12.8 Å². The minimum absolute atomic E-state index is 0.0536. The number of sulfonamides is 1. The molecule has 1 fully saturated rings. The molecule has 0 unspecified atom stereocenters. The number of hydrogen-bond donors (Lipinski definition) is 2. The van der Waals surface area contributed by atoms with Gasteiger partial charge in [0.25, 0.3) is 0 Å². The van der Waals surface area contributed by atoms with E-state index in [1.807, 2.05) is 54.6 Å². The second-order valence-corrected chi connectivity index (χ2v) is 9.16. The zero-order valence-electron chi connectivity index (χ0n) is 15.0. The molecule has 1 amide bonds. The summed E-state index contributed by atoms with van der Waals surface area (Å²) in [6.45, 7) is 3.29. The average Bonchev–Trinajstić information content (AvgIpc) is 2.64. The van der Waals surface area contributed by atoms with Crippen molar-refractivity contribution in [1.29, 1.82) is 0 Å². The third-order valence-corrected chi connectivity index (χ3v) is 6.59. The van der Waals surface area contributed by atoms with E-state index < -0.39 is 15.3 Å². The van der Waals surface area contributed by atoms with Crippen molar-refractivity contribution in [2.75, 3.05) is 0 Å². The summed E-state index contributed by atoms with van der Waals surface area (Å²) >= 11 is 0. The first-order valence-corrected chi connectivity index (χ1v) is 10.4. The molecule has 3 rings (SSSR count). The van der Waals surface area contributed by atoms with Crippen molar-refractivity contribution in [2.45, 2.75) is 44.0 Å². The van der Waals surface area contributed by atoms with Crippen molar-refractivity contribution in [3.8, 4) is 11.1 Å². The monoisotopic (exact) mass is 372 g/mol. The number of benzene rings is 2. The number of rotatable bonds is 5. The normalized spacial score (nSPS) is 20.8. The van der Waals surface area contributed by atoms with Crippen molar-refractivity contribution >= 4 is 15.9 Å². The Kier molecular flexibility index (Phi) is 5.44. The fourth-order valence-corrected chi connectivity index (χ4v) is 4.05. The SMILES string of the molecule is CC(C)S(=O)(=O)N[C@@H]1CCC(=O)N[C@H]1c1ccc(-c2ccccc2)cc1. The molecule has 0 spiro atoms. The number of nitrogens with one attached hydrogen (secondary N) is 2. The minimum Gasteiger partial charge on any atom is -0.348 e. The maximum absolute atomic E-state index is 12.3. The molecule has 6 heteroatoms. The van der Waals surface area contributed by atoms with Gasteiger partial charge < -0.3 is 5.32 Å². The maximum atomic E-state index is 12.3. The zero-order chi connectivity index (χ0) is 18.7. The van der Waals surface area contributed by atoms with Crippen LogP contribution < -0.4 is 10.0 Å². The van der Waals surface area contributed by atoms with Gasteiger partial charge in [0.2, 0.25) is 15.9 Å². The van der Waals surface area contributed by atoms with Crippen LogP contribution in [0.3, 0.4) is 0 Å². The third-order valence-electron chi connectivity index (χ3n) is 4.71. The van der Waals surface area contributed by atoms with Crippen LogP contribution in [0.2, 0.25) is 0 Å². The molecular weight excluding hydrogens is 348 g/mol. The minimum atomic E-state index is -3.41. The largest absolute Gasteiger partial charge is 0.348 e. The van der Waals surface area contributed by atoms with E-state index in [1.54, 1.807) is 13.8 Å². The summed E-state index contributed by atoms with van der Waals surface area (Å²) in [6.07, 6.45) is 0.812. The number of carbonyl (C=O) groups excluding carboxylic acids is 1. The molecule has 1 aliphatic rings. The van der Waals surface area contributed by atoms with Gasteiger partial charge in [0.15, 0.2) is 0 Å². The van der Waals surface area contributed by atoms with Crippen LogP contribution in [0.15, 0.2) is 54.6 Å². The second-order valence-electron chi connectivity index (χ2n) is 6.89. The van der Waals surface area contributed by atoms with Crippen molar-refractivity contribution in [2.24, 2.45) is 0 Å². The summed E-state index contributed by atoms with van der Waals surface area (Å²) in [4.78, 5) is 11.9. The summed E-state index contributed by atoms with van der Waals surface area (Å²) in [6, 6.07) is 17.2. The van der Waals surface area contributed by atoms with Gasteiger partial charge in [-0.05, 0) is 37.0 Å². The lowest BCUT2D eigenvalue weighted by Crippen LogP contribution is -2.51. The standard InChI is InChI=1S/C20H24N2O3S/c1-14(2)26(24,25)22-18-12-13-19(23)21-20(18)17-10-8-16(9-11-17)15-6-4-3-5-7-15/h3-11,14,18,20,22H,12-13H2,1-2H3,(H,21,23)/t18-,20+/m1/s1. The van der Waals surface area contributed by atoms with Gasteiger partial charge >= 0.3 is 0 Å². The molecule has 26 heavy (non-hydrogen) atoms. The Morgan fingerprint density at radius 1 is 1.00 bits per heavy atom. The fraction of sp³-hybridized carbons (Fsp3) is 0.350. The summed E-state index contributed by atoms with van der Waals surface area (Å²) in [5.41, 5.74) is 3.09. The molecular formula is C20H24N2O3S. The van der Waals surface area contributed by atoms with E-state index in [1.165, 1.54) is 0 Å². The van der Waals surface area contributed by atoms with Crippen molar-refractivity contribution in [3.05, 3.63) is 60.2 Å². The number of piperidine rings is 1. The van der Waals surface area contributed by atoms with E-state index in [4.69, 9.17) is 0 Å². The van der Waals surface area contributed by atoms with E-state index >= 15 is 0 Å². The predicted molar refractivity (Wildman–Crippen MR) is 103 cm³/mol. The molecule has 2 aromatic rings. The van der Waals surface area contributed by atoms with Gasteiger partial charge in [-0.15, -0.1) is 0 Å². The van der Waals surface area contributed by atoms with Crippen molar-refractivity contribution in [1.82, 2.24) is 10.0 Å². The molecule has 0 saturated carbocycles. The zero-order valence-corrected chi connectivity index (χ0v) is 15.8. The number of hydrogen-bond acceptors (Lipinski definition) is 3. The highest BCUT2D eigenvalue weighted by Gasteiger charge is 2.33. The van der Waals surface area contributed by atoms with Crippen LogP contribution >= 0.6 is 0 Å². The Balaban J connectivity index is 1.85. The first-order valence-electron chi connectivity index (χ1n) is 8.83. The average molecular weight is 372 g/mol. The van der Waals surface area contributed by atoms with Gasteiger partial charge in [-0.2, -0.15) is 0 Å². The van der Waals surface area contributed by atoms with Crippen LogP contribution in [0.1, 0.15) is 38.3 Å². The van der Waals surface area contributed by atoms with Crippen molar-refractivity contribution in [3.63, 3.8) is 0 Å². The lowest BCUT2D eigenvalue weighted by Gasteiger charge is -2.33. The van der Waals surface area contributed by atoms with E-state index in [0.717, 1.165) is 16.7 Å². The molecule has 1 aliphatic heterocycles. The fourth-order valence-electron chi connectivity index (χ4n) is 3.10. The molecule has 2 N–H and O–H groups in total. The van der Waals surface area contributed by atoms with Gasteiger partial charge in [-0.1, -0.05) is 54.6 Å². The molecule has 1 heterocycles. The summed E-state index contributed by atoms with van der Waals surface area (Å²) in [5.74, 6) is -0.0536. The van der Waals surface area contributed by atoms with Crippen LogP contribution in [0.4, 0.5) is 0 Å². The lowest BCUT2D eigenvalue weighted by atomic mass is 9.91. The summed E-state index contributed by atoms with van der Waals surface area (Å²) in [7, 11) is -3.41. The molecule has 2 atom stereocenters. The Morgan fingerprint density at radius 2 is 1.62 bits per heavy atom. The molecule has 5 nitrogen and oxygen atoms in total. The van der Waals surface area contributed by atoms with Crippen LogP contribution in [-0.2, 0) is 14.8 Å². The van der Waals surface area contributed by atoms with Crippen LogP contribution in [0.5, 0.6) is 0 Å². The number of carbonyl (C=O) groups is 1. The molecule has 138 valence electrons. The molecule has 0 aliphatic carbocycles. The number of amides is 1. The van der Waals surface area contributed by atoms with Gasteiger partial charge in [-0.3, -0.25) is 4.79 Å². The summed E-state index contributed by atoms with van der Waals surface area (Å²) < 4.78 is 27.3. The summed E-state index contributed by atoms with van der Waals surface area (Å²) in [5, 5.41) is 2.42. The van der Waals surface area contributed by atoms with E-state index in [-0.39, 0.29) is 18.0 Å². The highest BCUT2D eigenvalue weighted by molar-refractivity contribution is 7.90. The Labute approximate surface area is 154 Å². The third kappa shape index (κ3) is 4.14. The van der Waals surface area contributed by atoms with E-state index in [2.05, 4.69) is 10.0 Å². The molecule has 0 bridgehead atoms. The van der Waals surface area contributed by atoms with E-state index in [9.17, 15) is 13.2 Å². The van der Waals surface area contributed by atoms with Gasteiger partial charge in [0.05, 0.1) is 11.3 Å². The smallest absolute Gasteiger partial charge is 0.220 e. The molecule has 0 radical (unpaired) electrons. The lowest BCUT2D eigenvalue weighted by molar-refractivity contribution is -0.123. The highest BCUT2D eigenvalue weighted by atomic mass is 32.2. The Bertz CT molecular complexity index is 862. The highest BCUT2D eigenvalue weighted by Crippen LogP contribution is 2.27. The molecule has 0 aromatic heterocycles. The topological polar surface area (TPSA) is 75.3 Å². The quantitative estimate of drug-likeness (QED) is 0.847. The van der Waals surface area contributed by atoms with Crippen molar-refractivity contribution < 1.29 is 13.2 Å². The Morgan fingerprint density at radius 3 is 2.23 bits per heavy atom. The first kappa shape index (κ1) is 18.6. The first-order chi connectivity index (χ1) is 12.4. The maximum Gasteiger partial charge on any atom is 0.220 e. The van der Waals surface area contributed by atoms with Gasteiger partial charge in [0, 0.05) is 12.5 Å². The second kappa shape index (κ2) is 7.60.